The van der Waals surface area contributed by atoms with Gasteiger partial charge in [-0.2, -0.15) is 0 Å². The fourth-order valence-corrected chi connectivity index (χ4v) is 3.12. The molecule has 0 aliphatic heterocycles. The van der Waals surface area contributed by atoms with Crippen molar-refractivity contribution in [1.82, 2.24) is 10.3 Å². The summed E-state index contributed by atoms with van der Waals surface area (Å²) in [6.45, 7) is 0.749. The van der Waals surface area contributed by atoms with Crippen molar-refractivity contribution in [2.45, 2.75) is 32.1 Å². The van der Waals surface area contributed by atoms with E-state index in [0.717, 1.165) is 38.6 Å². The second-order valence-electron chi connectivity index (χ2n) is 5.96. The number of nitrogens with zero attached hydrogens (tertiary/aromatic N) is 1. The van der Waals surface area contributed by atoms with Gasteiger partial charge in [0.25, 0.3) is 0 Å². The van der Waals surface area contributed by atoms with Crippen LogP contribution in [0.25, 0.3) is 0 Å². The number of benzene rings is 1. The Hall–Kier alpha value is -2.16. The number of fused-ring (bicyclic) bond motifs is 1. The highest BCUT2D eigenvalue weighted by molar-refractivity contribution is 5.79. The maximum absolute atomic E-state index is 12.3. The number of amides is 1. The highest BCUT2D eigenvalue weighted by Gasteiger charge is 2.23. The number of pyridine rings is 1. The van der Waals surface area contributed by atoms with Gasteiger partial charge in [0.1, 0.15) is 0 Å². The van der Waals surface area contributed by atoms with Crippen LogP contribution in [0.4, 0.5) is 0 Å². The van der Waals surface area contributed by atoms with Crippen molar-refractivity contribution >= 4 is 5.91 Å². The van der Waals surface area contributed by atoms with Gasteiger partial charge >= 0.3 is 0 Å². The van der Waals surface area contributed by atoms with Gasteiger partial charge in [-0.05, 0) is 60.9 Å². The van der Waals surface area contributed by atoms with Crippen LogP contribution in [0.1, 0.15) is 29.5 Å². The Morgan fingerprint density at radius 3 is 2.73 bits per heavy atom. The minimum Gasteiger partial charge on any atom is -0.356 e. The van der Waals surface area contributed by atoms with Gasteiger partial charge in [-0.15, -0.1) is 0 Å². The first kappa shape index (κ1) is 14.8. The second-order valence-corrected chi connectivity index (χ2v) is 5.96. The van der Waals surface area contributed by atoms with Gasteiger partial charge in [0.15, 0.2) is 0 Å². The molecule has 1 aromatic carbocycles. The summed E-state index contributed by atoms with van der Waals surface area (Å²) in [6.07, 6.45) is 8.45. The van der Waals surface area contributed by atoms with Crippen LogP contribution in [0.5, 0.6) is 0 Å². The largest absolute Gasteiger partial charge is 0.356 e. The van der Waals surface area contributed by atoms with E-state index < -0.39 is 0 Å². The molecule has 0 saturated heterocycles. The average molecular weight is 294 g/mol. The van der Waals surface area contributed by atoms with Crippen molar-refractivity contribution < 1.29 is 4.79 Å². The van der Waals surface area contributed by atoms with Gasteiger partial charge in [-0.3, -0.25) is 9.78 Å². The summed E-state index contributed by atoms with van der Waals surface area (Å²) >= 11 is 0. The SMILES string of the molecule is O=C(NCCCc1ccncc1)[C@H]1CCc2ccccc2C1. The van der Waals surface area contributed by atoms with Crippen molar-refractivity contribution in [2.75, 3.05) is 6.54 Å². The van der Waals surface area contributed by atoms with Crippen LogP contribution < -0.4 is 5.32 Å². The third kappa shape index (κ3) is 3.73. The summed E-state index contributed by atoms with van der Waals surface area (Å²) in [5.74, 6) is 0.347. The Morgan fingerprint density at radius 1 is 1.14 bits per heavy atom. The maximum atomic E-state index is 12.3. The normalized spacial score (nSPS) is 16.8. The second kappa shape index (κ2) is 7.21. The number of aromatic nitrogens is 1. The number of rotatable bonds is 5. The molecule has 0 spiro atoms. The predicted molar refractivity (Wildman–Crippen MR) is 87.5 cm³/mol. The first-order chi connectivity index (χ1) is 10.8. The molecule has 0 unspecified atom stereocenters. The molecule has 1 heterocycles. The van der Waals surface area contributed by atoms with Gasteiger partial charge in [0.2, 0.25) is 5.91 Å². The molecule has 0 saturated carbocycles. The number of nitrogens with one attached hydrogen (secondary N) is 1. The Kier molecular flexibility index (Phi) is 4.84. The molecule has 22 heavy (non-hydrogen) atoms. The van der Waals surface area contributed by atoms with E-state index in [1.54, 1.807) is 0 Å². The molecule has 1 aromatic heterocycles. The molecule has 0 radical (unpaired) electrons. The fourth-order valence-electron chi connectivity index (χ4n) is 3.12. The first-order valence-electron chi connectivity index (χ1n) is 8.06. The van der Waals surface area contributed by atoms with Gasteiger partial charge < -0.3 is 5.32 Å². The van der Waals surface area contributed by atoms with Crippen LogP contribution in [0.2, 0.25) is 0 Å². The lowest BCUT2D eigenvalue weighted by Gasteiger charge is -2.23. The first-order valence-corrected chi connectivity index (χ1v) is 8.06. The fraction of sp³-hybridized carbons (Fsp3) is 0.368. The average Bonchev–Trinajstić information content (AvgIpc) is 2.59. The lowest BCUT2D eigenvalue weighted by Crippen LogP contribution is -2.34. The molecule has 1 atom stereocenters. The molecule has 0 bridgehead atoms. The molecule has 1 aliphatic carbocycles. The quantitative estimate of drug-likeness (QED) is 0.862. The Labute approximate surface area is 131 Å². The summed E-state index contributed by atoms with van der Waals surface area (Å²) in [5.41, 5.74) is 4.02. The molecule has 3 nitrogen and oxygen atoms in total. The number of hydrogen-bond acceptors (Lipinski definition) is 2. The van der Waals surface area contributed by atoms with E-state index in [2.05, 4.69) is 34.6 Å². The monoisotopic (exact) mass is 294 g/mol. The van der Waals surface area contributed by atoms with E-state index in [1.807, 2.05) is 24.5 Å². The van der Waals surface area contributed by atoms with Crippen LogP contribution in [0.3, 0.4) is 0 Å². The summed E-state index contributed by atoms with van der Waals surface area (Å²) in [4.78, 5) is 16.3. The minimum absolute atomic E-state index is 0.135. The van der Waals surface area contributed by atoms with Crippen molar-refractivity contribution in [3.63, 3.8) is 0 Å². The lowest BCUT2D eigenvalue weighted by atomic mass is 9.83. The van der Waals surface area contributed by atoms with E-state index in [4.69, 9.17) is 0 Å². The molecule has 3 heteroatoms. The van der Waals surface area contributed by atoms with E-state index in [9.17, 15) is 4.79 Å². The van der Waals surface area contributed by atoms with E-state index in [0.29, 0.717) is 0 Å². The Bertz CT molecular complexity index is 624. The molecular weight excluding hydrogens is 272 g/mol. The van der Waals surface area contributed by atoms with Crippen LogP contribution in [0, 0.1) is 5.92 Å². The van der Waals surface area contributed by atoms with Gasteiger partial charge in [-0.1, -0.05) is 24.3 Å². The van der Waals surface area contributed by atoms with Crippen LogP contribution in [-0.2, 0) is 24.1 Å². The molecule has 3 rings (SSSR count). The summed E-state index contributed by atoms with van der Waals surface area (Å²) < 4.78 is 0. The predicted octanol–water partition coefficient (Wildman–Crippen LogP) is 2.94. The zero-order valence-electron chi connectivity index (χ0n) is 12.8. The zero-order valence-corrected chi connectivity index (χ0v) is 12.8. The van der Waals surface area contributed by atoms with E-state index in [1.165, 1.54) is 16.7 Å². The Balaban J connectivity index is 1.43. The summed E-state index contributed by atoms with van der Waals surface area (Å²) in [7, 11) is 0. The van der Waals surface area contributed by atoms with Gasteiger partial charge in [-0.25, -0.2) is 0 Å². The lowest BCUT2D eigenvalue weighted by molar-refractivity contribution is -0.125. The number of hydrogen-bond donors (Lipinski definition) is 1. The third-order valence-electron chi connectivity index (χ3n) is 4.41. The van der Waals surface area contributed by atoms with Crippen molar-refractivity contribution in [1.29, 1.82) is 0 Å². The molecule has 1 amide bonds. The topological polar surface area (TPSA) is 42.0 Å². The molecule has 114 valence electrons. The van der Waals surface area contributed by atoms with Gasteiger partial charge in [0, 0.05) is 24.9 Å². The molecule has 1 N–H and O–H groups in total. The summed E-state index contributed by atoms with van der Waals surface area (Å²) in [6, 6.07) is 12.5. The number of carbonyl (C=O) groups is 1. The van der Waals surface area contributed by atoms with E-state index >= 15 is 0 Å². The van der Waals surface area contributed by atoms with Crippen molar-refractivity contribution in [3.8, 4) is 0 Å². The highest BCUT2D eigenvalue weighted by Crippen LogP contribution is 2.25. The Morgan fingerprint density at radius 2 is 1.91 bits per heavy atom. The summed E-state index contributed by atoms with van der Waals surface area (Å²) in [5, 5.41) is 3.10. The smallest absolute Gasteiger partial charge is 0.223 e. The van der Waals surface area contributed by atoms with Crippen LogP contribution in [0.15, 0.2) is 48.8 Å². The number of aryl methyl sites for hydroxylation is 2. The number of carbonyl (C=O) groups excluding carboxylic acids is 1. The maximum Gasteiger partial charge on any atom is 0.223 e. The minimum atomic E-state index is 0.135. The molecule has 2 aromatic rings. The van der Waals surface area contributed by atoms with Crippen LogP contribution in [-0.4, -0.2) is 17.4 Å². The van der Waals surface area contributed by atoms with Crippen molar-refractivity contribution in [3.05, 3.63) is 65.5 Å². The standard InChI is InChI=1S/C19H22N2O/c22-19(21-11-3-4-15-9-12-20-13-10-15)18-8-7-16-5-1-2-6-17(16)14-18/h1-2,5-6,9-10,12-13,18H,3-4,7-8,11,14H2,(H,21,22)/t18-/m0/s1. The molecule has 0 fully saturated rings. The molecule has 1 aliphatic rings. The van der Waals surface area contributed by atoms with Crippen LogP contribution >= 0.6 is 0 Å². The highest BCUT2D eigenvalue weighted by atomic mass is 16.1. The third-order valence-corrected chi connectivity index (χ3v) is 4.41. The van der Waals surface area contributed by atoms with Crippen molar-refractivity contribution in [2.24, 2.45) is 5.92 Å². The zero-order chi connectivity index (χ0) is 15.2. The van der Waals surface area contributed by atoms with E-state index in [-0.39, 0.29) is 11.8 Å². The molecular formula is C19H22N2O. The van der Waals surface area contributed by atoms with Gasteiger partial charge in [0.05, 0.1) is 0 Å².